The highest BCUT2D eigenvalue weighted by Gasteiger charge is 2.09. The standard InChI is InChI=1S/C17H18N2O6/c1-18-12(9-15(20)19(2)17(18)23)10-25-13-6-4-11(5-7-16(21)22)8-14(13)24-3/h4-9H,10H2,1-3H3,(H,21,22)/b7-5+. The van der Waals surface area contributed by atoms with Gasteiger partial charge in [0.1, 0.15) is 6.61 Å². The number of nitrogens with zero attached hydrogens (tertiary/aromatic N) is 2. The molecule has 8 heteroatoms. The highest BCUT2D eigenvalue weighted by Crippen LogP contribution is 2.29. The second-order valence-corrected chi connectivity index (χ2v) is 5.25. The molecule has 0 radical (unpaired) electrons. The van der Waals surface area contributed by atoms with Crippen LogP contribution in [0, 0.1) is 0 Å². The highest BCUT2D eigenvalue weighted by atomic mass is 16.5. The summed E-state index contributed by atoms with van der Waals surface area (Å²) in [5, 5.41) is 8.66. The summed E-state index contributed by atoms with van der Waals surface area (Å²) in [5.41, 5.74) is 0.202. The van der Waals surface area contributed by atoms with Crippen molar-refractivity contribution in [2.75, 3.05) is 7.11 Å². The molecule has 0 amide bonds. The molecule has 2 rings (SSSR count). The van der Waals surface area contributed by atoms with E-state index < -0.39 is 17.2 Å². The van der Waals surface area contributed by atoms with Gasteiger partial charge in [0.2, 0.25) is 0 Å². The summed E-state index contributed by atoms with van der Waals surface area (Å²) >= 11 is 0. The summed E-state index contributed by atoms with van der Waals surface area (Å²) < 4.78 is 13.2. The molecule has 1 aromatic carbocycles. The molecule has 0 aliphatic carbocycles. The Morgan fingerprint density at radius 1 is 1.16 bits per heavy atom. The van der Waals surface area contributed by atoms with Gasteiger partial charge in [-0.25, -0.2) is 9.59 Å². The van der Waals surface area contributed by atoms with Gasteiger partial charge in [-0.05, 0) is 23.8 Å². The van der Waals surface area contributed by atoms with Gasteiger partial charge in [-0.1, -0.05) is 6.07 Å². The van der Waals surface area contributed by atoms with Crippen molar-refractivity contribution in [2.45, 2.75) is 6.61 Å². The van der Waals surface area contributed by atoms with Crippen molar-refractivity contribution in [3.63, 3.8) is 0 Å². The lowest BCUT2D eigenvalue weighted by Gasteiger charge is -2.13. The van der Waals surface area contributed by atoms with Crippen LogP contribution in [0.4, 0.5) is 0 Å². The van der Waals surface area contributed by atoms with Crippen molar-refractivity contribution >= 4 is 12.0 Å². The molecule has 0 aliphatic rings. The average molecular weight is 346 g/mol. The van der Waals surface area contributed by atoms with Crippen LogP contribution in [0.2, 0.25) is 0 Å². The Bertz CT molecular complexity index is 939. The number of rotatable bonds is 6. The van der Waals surface area contributed by atoms with E-state index in [1.54, 1.807) is 25.2 Å². The normalized spacial score (nSPS) is 10.8. The number of benzene rings is 1. The molecular weight excluding hydrogens is 328 g/mol. The zero-order valence-electron chi connectivity index (χ0n) is 14.1. The quantitative estimate of drug-likeness (QED) is 0.776. The molecule has 0 spiro atoms. The fraction of sp³-hybridized carbons (Fsp3) is 0.235. The maximum Gasteiger partial charge on any atom is 0.330 e. The Balaban J connectivity index is 2.25. The van der Waals surface area contributed by atoms with Crippen molar-refractivity contribution in [3.05, 3.63) is 62.4 Å². The largest absolute Gasteiger partial charge is 0.493 e. The van der Waals surface area contributed by atoms with Gasteiger partial charge >= 0.3 is 11.7 Å². The SMILES string of the molecule is COc1cc(/C=C/C(=O)O)ccc1OCc1cc(=O)n(C)c(=O)n1C. The maximum atomic E-state index is 11.9. The van der Waals surface area contributed by atoms with E-state index >= 15 is 0 Å². The van der Waals surface area contributed by atoms with E-state index in [4.69, 9.17) is 14.6 Å². The fourth-order valence-corrected chi connectivity index (χ4v) is 2.14. The summed E-state index contributed by atoms with van der Waals surface area (Å²) in [6.07, 6.45) is 2.45. The predicted octanol–water partition coefficient (Wildman–Crippen LogP) is 0.769. The Kier molecular flexibility index (Phi) is 5.43. The number of methoxy groups -OCH3 is 1. The molecule has 0 atom stereocenters. The summed E-state index contributed by atoms with van der Waals surface area (Å²) in [6, 6.07) is 6.25. The molecule has 1 heterocycles. The molecular formula is C17H18N2O6. The van der Waals surface area contributed by atoms with Gasteiger partial charge in [0, 0.05) is 26.2 Å². The highest BCUT2D eigenvalue weighted by molar-refractivity contribution is 5.85. The number of ether oxygens (including phenoxy) is 2. The zero-order chi connectivity index (χ0) is 18.6. The first-order chi connectivity index (χ1) is 11.8. The maximum absolute atomic E-state index is 11.9. The molecule has 0 saturated heterocycles. The summed E-state index contributed by atoms with van der Waals surface area (Å²) in [4.78, 5) is 34.2. The van der Waals surface area contributed by atoms with Crippen molar-refractivity contribution in [3.8, 4) is 11.5 Å². The second kappa shape index (κ2) is 7.52. The molecule has 1 aromatic heterocycles. The number of carboxylic acids is 1. The van der Waals surface area contributed by atoms with E-state index in [0.717, 1.165) is 10.6 Å². The van der Waals surface area contributed by atoms with Crippen LogP contribution in [-0.2, 0) is 25.5 Å². The minimum absolute atomic E-state index is 0.00247. The van der Waals surface area contributed by atoms with Gasteiger partial charge in [0.05, 0.1) is 12.8 Å². The third-order valence-corrected chi connectivity index (χ3v) is 3.61. The zero-order valence-corrected chi connectivity index (χ0v) is 14.1. The lowest BCUT2D eigenvalue weighted by atomic mass is 10.2. The monoisotopic (exact) mass is 346 g/mol. The van der Waals surface area contributed by atoms with Crippen LogP contribution < -0.4 is 20.7 Å². The second-order valence-electron chi connectivity index (χ2n) is 5.25. The minimum Gasteiger partial charge on any atom is -0.493 e. The molecule has 2 aromatic rings. The van der Waals surface area contributed by atoms with Crippen LogP contribution in [0.5, 0.6) is 11.5 Å². The van der Waals surface area contributed by atoms with Gasteiger partial charge in [-0.2, -0.15) is 0 Å². The third kappa shape index (κ3) is 4.17. The first-order valence-corrected chi connectivity index (χ1v) is 7.31. The van der Waals surface area contributed by atoms with Crippen LogP contribution in [0.3, 0.4) is 0 Å². The average Bonchev–Trinajstić information content (AvgIpc) is 2.60. The van der Waals surface area contributed by atoms with Gasteiger partial charge in [-0.15, -0.1) is 0 Å². The molecule has 132 valence electrons. The smallest absolute Gasteiger partial charge is 0.330 e. The van der Waals surface area contributed by atoms with E-state index in [1.165, 1.54) is 30.9 Å². The van der Waals surface area contributed by atoms with Gasteiger partial charge in [0.25, 0.3) is 5.56 Å². The topological polar surface area (TPSA) is 99.8 Å². The summed E-state index contributed by atoms with van der Waals surface area (Å²) in [6.45, 7) is 0.00247. The lowest BCUT2D eigenvalue weighted by Crippen LogP contribution is -2.38. The van der Waals surface area contributed by atoms with E-state index in [2.05, 4.69) is 0 Å². The van der Waals surface area contributed by atoms with Crippen LogP contribution in [0.1, 0.15) is 11.3 Å². The molecule has 0 saturated carbocycles. The molecule has 8 nitrogen and oxygen atoms in total. The number of hydrogen-bond acceptors (Lipinski definition) is 5. The van der Waals surface area contributed by atoms with E-state index in [1.807, 2.05) is 0 Å². The number of carbonyl (C=O) groups is 1. The van der Waals surface area contributed by atoms with Crippen LogP contribution in [0.15, 0.2) is 39.9 Å². The molecule has 0 unspecified atom stereocenters. The van der Waals surface area contributed by atoms with E-state index in [-0.39, 0.29) is 6.61 Å². The van der Waals surface area contributed by atoms with Gasteiger partial charge < -0.3 is 14.6 Å². The Morgan fingerprint density at radius 3 is 2.52 bits per heavy atom. The molecule has 1 N–H and O–H groups in total. The van der Waals surface area contributed by atoms with Crippen molar-refractivity contribution in [1.82, 2.24) is 9.13 Å². The summed E-state index contributed by atoms with van der Waals surface area (Å²) in [5.74, 6) is -0.240. The fourth-order valence-electron chi connectivity index (χ4n) is 2.14. The molecule has 25 heavy (non-hydrogen) atoms. The van der Waals surface area contributed by atoms with Crippen molar-refractivity contribution in [2.24, 2.45) is 14.1 Å². The molecule has 0 bridgehead atoms. The molecule has 0 aliphatic heterocycles. The van der Waals surface area contributed by atoms with Crippen molar-refractivity contribution < 1.29 is 19.4 Å². The number of carboxylic acid groups (broad SMARTS) is 1. The van der Waals surface area contributed by atoms with Gasteiger partial charge in [-0.3, -0.25) is 13.9 Å². The van der Waals surface area contributed by atoms with E-state index in [9.17, 15) is 14.4 Å². The van der Waals surface area contributed by atoms with Gasteiger partial charge in [0.15, 0.2) is 11.5 Å². The minimum atomic E-state index is -1.05. The Morgan fingerprint density at radius 2 is 1.88 bits per heavy atom. The van der Waals surface area contributed by atoms with E-state index in [0.29, 0.717) is 22.8 Å². The summed E-state index contributed by atoms with van der Waals surface area (Å²) in [7, 11) is 4.42. The lowest BCUT2D eigenvalue weighted by molar-refractivity contribution is -0.131. The number of aliphatic carboxylic acids is 1. The first-order valence-electron chi connectivity index (χ1n) is 7.31. The predicted molar refractivity (Wildman–Crippen MR) is 90.9 cm³/mol. The first kappa shape index (κ1) is 18.1. The van der Waals surface area contributed by atoms with Crippen LogP contribution >= 0.6 is 0 Å². The number of hydrogen-bond donors (Lipinski definition) is 1. The van der Waals surface area contributed by atoms with Crippen LogP contribution in [0.25, 0.3) is 6.08 Å². The Hall–Kier alpha value is -3.29. The Labute approximate surface area is 143 Å². The van der Waals surface area contributed by atoms with Crippen LogP contribution in [-0.4, -0.2) is 27.3 Å². The third-order valence-electron chi connectivity index (χ3n) is 3.61. The molecule has 0 fully saturated rings. The number of aromatic nitrogens is 2. The van der Waals surface area contributed by atoms with Crippen molar-refractivity contribution in [1.29, 1.82) is 0 Å².